The first-order valence-electron chi connectivity index (χ1n) is 8.29. The number of amides is 1. The summed E-state index contributed by atoms with van der Waals surface area (Å²) in [5, 5.41) is 8.82. The number of fused-ring (bicyclic) bond motifs is 1. The van der Waals surface area contributed by atoms with Crippen molar-refractivity contribution in [1.29, 1.82) is 0 Å². The second-order valence-corrected chi connectivity index (χ2v) is 7.06. The molecule has 1 amide bonds. The Balaban J connectivity index is 1.62. The molecular weight excluding hydrogens is 390 g/mol. The molecule has 9 nitrogen and oxygen atoms in total. The third-order valence-corrected chi connectivity index (χ3v) is 5.32. The van der Waals surface area contributed by atoms with Gasteiger partial charge in [0, 0.05) is 18.2 Å². The second kappa shape index (κ2) is 8.34. The third-order valence-electron chi connectivity index (χ3n) is 4.01. The summed E-state index contributed by atoms with van der Waals surface area (Å²) in [6.07, 6.45) is -1.08. The first-order valence-corrected chi connectivity index (χ1v) is 9.34. The zero-order chi connectivity index (χ0) is 20.3. The van der Waals surface area contributed by atoms with E-state index in [4.69, 9.17) is 14.2 Å². The number of carbonyl (C=O) groups is 4. The molecule has 3 rings (SSSR count). The summed E-state index contributed by atoms with van der Waals surface area (Å²) in [5.41, 5.74) is 0.0809. The van der Waals surface area contributed by atoms with E-state index in [-0.39, 0.29) is 24.7 Å². The molecule has 2 aliphatic heterocycles. The molecule has 0 radical (unpaired) electrons. The van der Waals surface area contributed by atoms with E-state index in [1.165, 1.54) is 18.7 Å². The van der Waals surface area contributed by atoms with Crippen LogP contribution in [0, 0.1) is 0 Å². The predicted octanol–water partition coefficient (Wildman–Crippen LogP) is 0.794. The van der Waals surface area contributed by atoms with Gasteiger partial charge in [0.2, 0.25) is 6.10 Å². The van der Waals surface area contributed by atoms with Gasteiger partial charge in [0.05, 0.1) is 0 Å². The van der Waals surface area contributed by atoms with Gasteiger partial charge in [-0.25, -0.2) is 9.59 Å². The molecular formula is C18H17NO8S. The molecule has 28 heavy (non-hydrogen) atoms. The summed E-state index contributed by atoms with van der Waals surface area (Å²) in [4.78, 5) is 48.0. The van der Waals surface area contributed by atoms with E-state index < -0.39 is 35.3 Å². The number of nitrogens with zero attached hydrogens (tertiary/aromatic N) is 1. The van der Waals surface area contributed by atoms with Crippen molar-refractivity contribution in [2.45, 2.75) is 18.4 Å². The highest BCUT2D eigenvalue weighted by Crippen LogP contribution is 2.41. The van der Waals surface area contributed by atoms with Crippen LogP contribution in [0.5, 0.6) is 5.75 Å². The van der Waals surface area contributed by atoms with Crippen LogP contribution < -0.4 is 4.74 Å². The van der Waals surface area contributed by atoms with Crippen molar-refractivity contribution in [3.05, 3.63) is 41.6 Å². The molecule has 1 saturated heterocycles. The van der Waals surface area contributed by atoms with Gasteiger partial charge in [-0.1, -0.05) is 18.2 Å². The van der Waals surface area contributed by atoms with Gasteiger partial charge in [0.1, 0.15) is 23.4 Å². The van der Waals surface area contributed by atoms with Crippen LogP contribution in [0.4, 0.5) is 0 Å². The molecule has 1 N–H and O–H groups in total. The second-order valence-electron chi connectivity index (χ2n) is 5.96. The van der Waals surface area contributed by atoms with E-state index in [2.05, 4.69) is 0 Å². The molecule has 1 fully saturated rings. The average Bonchev–Trinajstić information content (AvgIpc) is 2.68. The minimum Gasteiger partial charge on any atom is -0.482 e. The number of thioether (sulfide) groups is 1. The minimum atomic E-state index is -1.31. The SMILES string of the molecule is CC(=O)OCC1=C(C(=O)O)N2C(=O)[C@@H](OC(=O)COc3ccccc3)[C@H]2SC1. The molecule has 1 aromatic rings. The maximum Gasteiger partial charge on any atom is 0.352 e. The van der Waals surface area contributed by atoms with Crippen LogP contribution in [0.1, 0.15) is 6.92 Å². The van der Waals surface area contributed by atoms with Gasteiger partial charge in [0.25, 0.3) is 5.91 Å². The lowest BCUT2D eigenvalue weighted by Crippen LogP contribution is -2.66. The fourth-order valence-electron chi connectivity index (χ4n) is 2.76. The first-order chi connectivity index (χ1) is 13.4. The summed E-state index contributed by atoms with van der Waals surface area (Å²) < 4.78 is 15.3. The van der Waals surface area contributed by atoms with Crippen LogP contribution in [-0.2, 0) is 28.7 Å². The van der Waals surface area contributed by atoms with Crippen LogP contribution in [-0.4, -0.2) is 64.3 Å². The zero-order valence-electron chi connectivity index (χ0n) is 14.8. The van der Waals surface area contributed by atoms with E-state index in [1.54, 1.807) is 30.3 Å². The summed E-state index contributed by atoms with van der Waals surface area (Å²) in [6.45, 7) is 0.627. The molecule has 2 atom stereocenters. The van der Waals surface area contributed by atoms with Gasteiger partial charge in [0.15, 0.2) is 6.61 Å². The number of hydrogen-bond donors (Lipinski definition) is 1. The number of carboxylic acid groups (broad SMARTS) is 1. The van der Waals surface area contributed by atoms with Crippen LogP contribution in [0.3, 0.4) is 0 Å². The molecule has 0 saturated carbocycles. The fraction of sp³-hybridized carbons (Fsp3) is 0.333. The molecule has 0 bridgehead atoms. The van der Waals surface area contributed by atoms with E-state index in [0.717, 1.165) is 4.90 Å². The zero-order valence-corrected chi connectivity index (χ0v) is 15.6. The lowest BCUT2D eigenvalue weighted by molar-refractivity contribution is -0.176. The molecule has 0 spiro atoms. The quantitative estimate of drug-likeness (QED) is 0.517. The topological polar surface area (TPSA) is 119 Å². The number of aliphatic carboxylic acids is 1. The third kappa shape index (κ3) is 4.11. The number of carbonyl (C=O) groups excluding carboxylic acids is 3. The molecule has 0 unspecified atom stereocenters. The lowest BCUT2D eigenvalue weighted by atomic mass is 10.1. The molecule has 2 aliphatic rings. The Labute approximate surface area is 164 Å². The van der Waals surface area contributed by atoms with Gasteiger partial charge in [-0.3, -0.25) is 14.5 Å². The van der Waals surface area contributed by atoms with Gasteiger partial charge in [-0.15, -0.1) is 11.8 Å². The number of ether oxygens (including phenoxy) is 3. The van der Waals surface area contributed by atoms with Crippen molar-refractivity contribution in [1.82, 2.24) is 4.90 Å². The molecule has 1 aromatic carbocycles. The van der Waals surface area contributed by atoms with Crippen LogP contribution >= 0.6 is 11.8 Å². The monoisotopic (exact) mass is 407 g/mol. The van der Waals surface area contributed by atoms with E-state index in [1.807, 2.05) is 0 Å². The Kier molecular flexibility index (Phi) is 5.88. The molecule has 2 heterocycles. The summed E-state index contributed by atoms with van der Waals surface area (Å²) in [7, 11) is 0. The Hall–Kier alpha value is -3.01. The summed E-state index contributed by atoms with van der Waals surface area (Å²) in [5.74, 6) is -2.50. The Morgan fingerprint density at radius 2 is 1.96 bits per heavy atom. The van der Waals surface area contributed by atoms with Crippen molar-refractivity contribution >= 4 is 35.6 Å². The fourth-order valence-corrected chi connectivity index (χ4v) is 4.06. The summed E-state index contributed by atoms with van der Waals surface area (Å²) >= 11 is 1.24. The largest absolute Gasteiger partial charge is 0.482 e. The van der Waals surface area contributed by atoms with Crippen LogP contribution in [0.25, 0.3) is 0 Å². The van der Waals surface area contributed by atoms with E-state index in [0.29, 0.717) is 11.3 Å². The van der Waals surface area contributed by atoms with Gasteiger partial charge >= 0.3 is 17.9 Å². The van der Waals surface area contributed by atoms with E-state index >= 15 is 0 Å². The smallest absolute Gasteiger partial charge is 0.352 e. The van der Waals surface area contributed by atoms with Crippen molar-refractivity contribution < 1.29 is 38.5 Å². The highest BCUT2D eigenvalue weighted by Gasteiger charge is 2.56. The first kappa shape index (κ1) is 19.7. The number of esters is 2. The van der Waals surface area contributed by atoms with E-state index in [9.17, 15) is 24.3 Å². The number of rotatable bonds is 7. The normalized spacial score (nSPS) is 20.8. The van der Waals surface area contributed by atoms with Crippen molar-refractivity contribution in [2.24, 2.45) is 0 Å². The maximum absolute atomic E-state index is 12.4. The standard InChI is InChI=1S/C18H17NO8S/c1-10(20)25-7-11-9-28-17-15(16(22)19(17)14(11)18(23)24)27-13(21)8-26-12-5-3-2-4-6-12/h2-6,15,17H,7-9H2,1H3,(H,23,24)/t15-,17-/m1/s1. The highest BCUT2D eigenvalue weighted by atomic mass is 32.2. The highest BCUT2D eigenvalue weighted by molar-refractivity contribution is 8.00. The summed E-state index contributed by atoms with van der Waals surface area (Å²) in [6, 6.07) is 8.65. The van der Waals surface area contributed by atoms with Gasteiger partial charge < -0.3 is 19.3 Å². The van der Waals surface area contributed by atoms with Gasteiger partial charge in [-0.2, -0.15) is 0 Å². The van der Waals surface area contributed by atoms with Gasteiger partial charge in [-0.05, 0) is 12.1 Å². The predicted molar refractivity (Wildman–Crippen MR) is 96.2 cm³/mol. The lowest BCUT2D eigenvalue weighted by Gasteiger charge is -2.48. The van der Waals surface area contributed by atoms with Crippen LogP contribution in [0.2, 0.25) is 0 Å². The molecule has 0 aromatic heterocycles. The van der Waals surface area contributed by atoms with Crippen molar-refractivity contribution in [3.63, 3.8) is 0 Å². The number of benzene rings is 1. The molecule has 10 heteroatoms. The number of hydrogen-bond acceptors (Lipinski definition) is 8. The number of carboxylic acids is 1. The Morgan fingerprint density at radius 1 is 1.25 bits per heavy atom. The molecule has 148 valence electrons. The number of β-lactam (4-membered cyclic amide) rings is 1. The Morgan fingerprint density at radius 3 is 2.61 bits per heavy atom. The molecule has 0 aliphatic carbocycles. The van der Waals surface area contributed by atoms with Crippen LogP contribution in [0.15, 0.2) is 41.6 Å². The average molecular weight is 407 g/mol. The van der Waals surface area contributed by atoms with Crippen molar-refractivity contribution in [2.75, 3.05) is 19.0 Å². The van der Waals surface area contributed by atoms with Crippen molar-refractivity contribution in [3.8, 4) is 5.75 Å². The Bertz CT molecular complexity index is 837. The number of para-hydroxylation sites is 1. The minimum absolute atomic E-state index is 0.212. The maximum atomic E-state index is 12.4.